The van der Waals surface area contributed by atoms with Gasteiger partial charge in [-0.2, -0.15) is 0 Å². The van der Waals surface area contributed by atoms with E-state index in [2.05, 4.69) is 313 Å². The van der Waals surface area contributed by atoms with Crippen LogP contribution in [0.25, 0.3) is 105 Å². The minimum Gasteiger partial charge on any atom is -0.311 e. The molecule has 0 spiro atoms. The van der Waals surface area contributed by atoms with E-state index in [0.29, 0.717) is 0 Å². The second kappa shape index (κ2) is 19.4. The lowest BCUT2D eigenvalue weighted by molar-refractivity contribution is 1.18. The van der Waals surface area contributed by atoms with E-state index in [1.54, 1.807) is 0 Å². The molecular weight excluding hydrogens is 893 g/mol. The largest absolute Gasteiger partial charge is 0.311 e. The molecule has 0 atom stereocenters. The highest BCUT2D eigenvalue weighted by Gasteiger charge is 2.17. The zero-order valence-corrected chi connectivity index (χ0v) is 40.8. The lowest BCUT2D eigenvalue weighted by atomic mass is 9.93. The van der Waals surface area contributed by atoms with Crippen LogP contribution in [-0.2, 0) is 0 Å². The Labute approximate surface area is 433 Å². The molecule has 0 unspecified atom stereocenters. The standard InChI is InChI=1S/C72H50N2/c1-6-18-51(19-7-1)59-44-60(52-20-8-2-9-21-52)47-63(46-59)56-32-39-67(40-33-56)73(68-41-34-57(35-42-68)64-48-61(53-22-10-3-11-23-53)45-62(49-64)54-24-12-4-13-25-54)66-37-30-55(31-38-66)58-36-43-72-70(50-58)69-28-16-17-29-71(69)74(72)65-26-14-5-15-27-65/h1-50H. The van der Waals surface area contributed by atoms with Crippen molar-refractivity contribution in [3.8, 4) is 83.6 Å². The molecule has 0 radical (unpaired) electrons. The Morgan fingerprint density at radius 2 is 0.473 bits per heavy atom. The van der Waals surface area contributed by atoms with E-state index in [1.807, 2.05) is 0 Å². The Hall–Kier alpha value is -9.76. The van der Waals surface area contributed by atoms with Gasteiger partial charge in [-0.05, 0) is 181 Å². The van der Waals surface area contributed by atoms with Gasteiger partial charge in [-0.25, -0.2) is 0 Å². The summed E-state index contributed by atoms with van der Waals surface area (Å²) >= 11 is 0. The van der Waals surface area contributed by atoms with Crippen LogP contribution < -0.4 is 4.90 Å². The Morgan fingerprint density at radius 1 is 0.189 bits per heavy atom. The molecule has 348 valence electrons. The molecule has 0 fully saturated rings. The quantitative estimate of drug-likeness (QED) is 0.125. The van der Waals surface area contributed by atoms with Gasteiger partial charge in [0, 0.05) is 33.5 Å². The molecule has 0 aliphatic carbocycles. The summed E-state index contributed by atoms with van der Waals surface area (Å²) in [4.78, 5) is 2.37. The zero-order valence-electron chi connectivity index (χ0n) is 40.8. The minimum atomic E-state index is 1.07. The highest BCUT2D eigenvalue weighted by Crippen LogP contribution is 2.41. The number of rotatable bonds is 11. The Balaban J connectivity index is 0.897. The van der Waals surface area contributed by atoms with Crippen molar-refractivity contribution in [3.63, 3.8) is 0 Å². The van der Waals surface area contributed by atoms with Crippen LogP contribution in [0.15, 0.2) is 303 Å². The number of benzene rings is 12. The average molecular weight is 943 g/mol. The maximum atomic E-state index is 2.37. The van der Waals surface area contributed by atoms with Gasteiger partial charge in [-0.1, -0.05) is 200 Å². The third-order valence-electron chi connectivity index (χ3n) is 14.4. The van der Waals surface area contributed by atoms with Gasteiger partial charge in [0.05, 0.1) is 11.0 Å². The topological polar surface area (TPSA) is 8.17 Å². The summed E-state index contributed by atoms with van der Waals surface area (Å²) < 4.78 is 2.37. The smallest absolute Gasteiger partial charge is 0.0541 e. The number of para-hydroxylation sites is 2. The maximum Gasteiger partial charge on any atom is 0.0541 e. The highest BCUT2D eigenvalue weighted by atomic mass is 15.1. The fourth-order valence-electron chi connectivity index (χ4n) is 10.6. The molecule has 0 aliphatic heterocycles. The molecule has 0 saturated heterocycles. The van der Waals surface area contributed by atoms with Crippen molar-refractivity contribution in [2.24, 2.45) is 0 Å². The van der Waals surface area contributed by atoms with Gasteiger partial charge in [0.2, 0.25) is 0 Å². The van der Waals surface area contributed by atoms with E-state index in [0.717, 1.165) is 39.4 Å². The van der Waals surface area contributed by atoms with Gasteiger partial charge in [0.1, 0.15) is 0 Å². The molecule has 13 rings (SSSR count). The molecule has 0 bridgehead atoms. The van der Waals surface area contributed by atoms with Gasteiger partial charge in [-0.15, -0.1) is 0 Å². The van der Waals surface area contributed by atoms with E-state index in [9.17, 15) is 0 Å². The van der Waals surface area contributed by atoms with Crippen molar-refractivity contribution in [2.75, 3.05) is 4.90 Å². The number of hydrogen-bond acceptors (Lipinski definition) is 1. The molecule has 0 aliphatic rings. The summed E-state index contributed by atoms with van der Waals surface area (Å²) in [6.07, 6.45) is 0. The predicted molar refractivity (Wildman–Crippen MR) is 314 cm³/mol. The first-order valence-electron chi connectivity index (χ1n) is 25.4. The van der Waals surface area contributed by atoms with Crippen LogP contribution in [0.2, 0.25) is 0 Å². The molecule has 2 nitrogen and oxygen atoms in total. The fourth-order valence-corrected chi connectivity index (χ4v) is 10.6. The molecule has 12 aromatic carbocycles. The van der Waals surface area contributed by atoms with Crippen molar-refractivity contribution in [3.05, 3.63) is 303 Å². The third kappa shape index (κ3) is 8.65. The van der Waals surface area contributed by atoms with E-state index in [1.165, 1.54) is 83.0 Å². The van der Waals surface area contributed by atoms with Gasteiger partial charge < -0.3 is 9.47 Å². The predicted octanol–water partition coefficient (Wildman–Crippen LogP) is 19.9. The first-order chi connectivity index (χ1) is 36.7. The number of aromatic nitrogens is 1. The van der Waals surface area contributed by atoms with Gasteiger partial charge in [-0.3, -0.25) is 0 Å². The van der Waals surface area contributed by atoms with Crippen molar-refractivity contribution in [2.45, 2.75) is 0 Å². The number of anilines is 3. The van der Waals surface area contributed by atoms with Gasteiger partial charge >= 0.3 is 0 Å². The lowest BCUT2D eigenvalue weighted by Gasteiger charge is -2.26. The van der Waals surface area contributed by atoms with Gasteiger partial charge in [0.25, 0.3) is 0 Å². The van der Waals surface area contributed by atoms with E-state index in [4.69, 9.17) is 0 Å². The number of fused-ring (bicyclic) bond motifs is 3. The molecule has 0 saturated carbocycles. The normalized spacial score (nSPS) is 11.2. The van der Waals surface area contributed by atoms with Gasteiger partial charge in [0.15, 0.2) is 0 Å². The van der Waals surface area contributed by atoms with Crippen molar-refractivity contribution in [1.82, 2.24) is 4.57 Å². The van der Waals surface area contributed by atoms with E-state index in [-0.39, 0.29) is 0 Å². The molecule has 0 N–H and O–H groups in total. The second-order valence-corrected chi connectivity index (χ2v) is 19.0. The summed E-state index contributed by atoms with van der Waals surface area (Å²) in [6.45, 7) is 0. The monoisotopic (exact) mass is 942 g/mol. The zero-order chi connectivity index (χ0) is 49.2. The molecule has 0 amide bonds. The fraction of sp³-hybridized carbons (Fsp3) is 0. The Bertz CT molecular complexity index is 3770. The molecule has 74 heavy (non-hydrogen) atoms. The van der Waals surface area contributed by atoms with E-state index < -0.39 is 0 Å². The maximum absolute atomic E-state index is 2.37. The molecular formula is C72H50N2. The minimum absolute atomic E-state index is 1.07. The van der Waals surface area contributed by atoms with Crippen LogP contribution >= 0.6 is 0 Å². The van der Waals surface area contributed by atoms with Crippen LogP contribution in [0.4, 0.5) is 17.1 Å². The summed E-state index contributed by atoms with van der Waals surface area (Å²) in [5, 5.41) is 2.48. The summed E-state index contributed by atoms with van der Waals surface area (Å²) in [5.74, 6) is 0. The summed E-state index contributed by atoms with van der Waals surface area (Å²) in [5.41, 5.74) is 23.4. The van der Waals surface area contributed by atoms with Crippen molar-refractivity contribution < 1.29 is 0 Å². The van der Waals surface area contributed by atoms with E-state index >= 15 is 0 Å². The SMILES string of the molecule is c1ccc(-c2cc(-c3ccccc3)cc(-c3ccc(N(c4ccc(-c5cc(-c6ccccc6)cc(-c6ccccc6)c5)cc4)c4ccc(-c5ccc6c(c5)c5ccccc5n6-c5ccccc5)cc4)cc3)c2)cc1. The molecule has 2 heteroatoms. The van der Waals surface area contributed by atoms with Crippen LogP contribution in [0, 0.1) is 0 Å². The van der Waals surface area contributed by atoms with Crippen molar-refractivity contribution >= 4 is 38.9 Å². The lowest BCUT2D eigenvalue weighted by Crippen LogP contribution is -2.09. The first kappa shape index (κ1) is 44.2. The van der Waals surface area contributed by atoms with Crippen LogP contribution in [-0.4, -0.2) is 4.57 Å². The third-order valence-corrected chi connectivity index (χ3v) is 14.4. The summed E-state index contributed by atoms with van der Waals surface area (Å²) in [7, 11) is 0. The van der Waals surface area contributed by atoms with Crippen LogP contribution in [0.5, 0.6) is 0 Å². The van der Waals surface area contributed by atoms with Crippen LogP contribution in [0.1, 0.15) is 0 Å². The highest BCUT2D eigenvalue weighted by molar-refractivity contribution is 6.10. The number of hydrogen-bond donors (Lipinski definition) is 0. The Kier molecular flexibility index (Phi) is 11.6. The second-order valence-electron chi connectivity index (χ2n) is 19.0. The Morgan fingerprint density at radius 3 is 0.851 bits per heavy atom. The molecule has 1 aromatic heterocycles. The molecule has 1 heterocycles. The summed E-state index contributed by atoms with van der Waals surface area (Å²) in [6, 6.07) is 110. The van der Waals surface area contributed by atoms with Crippen LogP contribution in [0.3, 0.4) is 0 Å². The molecule has 13 aromatic rings. The number of nitrogens with zero attached hydrogens (tertiary/aromatic N) is 2. The van der Waals surface area contributed by atoms with Crippen molar-refractivity contribution in [1.29, 1.82) is 0 Å². The average Bonchev–Trinajstić information content (AvgIpc) is 3.82. The first-order valence-corrected chi connectivity index (χ1v) is 25.4.